The molecule has 1 aromatic carbocycles. The first-order valence-corrected chi connectivity index (χ1v) is 6.74. The molecule has 0 radical (unpaired) electrons. The predicted octanol–water partition coefficient (Wildman–Crippen LogP) is 1.82. The maximum atomic E-state index is 12.1. The summed E-state index contributed by atoms with van der Waals surface area (Å²) in [5.41, 5.74) is 1.60. The number of anilines is 1. The summed E-state index contributed by atoms with van der Waals surface area (Å²) >= 11 is 0. The molecular formula is C14H16N4O2. The molecule has 1 aliphatic heterocycles. The Labute approximate surface area is 116 Å². The van der Waals surface area contributed by atoms with E-state index in [-0.39, 0.29) is 11.9 Å². The third-order valence-corrected chi connectivity index (χ3v) is 3.39. The summed E-state index contributed by atoms with van der Waals surface area (Å²) < 4.78 is 5.12. The van der Waals surface area contributed by atoms with E-state index >= 15 is 0 Å². The highest BCUT2D eigenvalue weighted by Gasteiger charge is 2.20. The lowest BCUT2D eigenvalue weighted by Crippen LogP contribution is -2.43. The van der Waals surface area contributed by atoms with Crippen molar-refractivity contribution in [2.45, 2.75) is 25.3 Å². The van der Waals surface area contributed by atoms with Crippen LogP contribution in [0.1, 0.15) is 19.3 Å². The number of nitrogens with one attached hydrogen (secondary N) is 2. The van der Waals surface area contributed by atoms with Gasteiger partial charge in [-0.25, -0.2) is 0 Å². The highest BCUT2D eigenvalue weighted by molar-refractivity contribution is 5.95. The average Bonchev–Trinajstić information content (AvgIpc) is 3.03. The molecule has 0 aliphatic carbocycles. The van der Waals surface area contributed by atoms with Gasteiger partial charge in [0.25, 0.3) is 0 Å². The number of piperidine rings is 1. The summed E-state index contributed by atoms with van der Waals surface area (Å²) in [4.78, 5) is 12.1. The molecule has 2 aromatic rings. The lowest BCUT2D eigenvalue weighted by atomic mass is 10.0. The number of benzene rings is 1. The van der Waals surface area contributed by atoms with Crippen LogP contribution in [0, 0.1) is 0 Å². The standard InChI is InChI=1S/C14H16N4O2/c19-13(12-3-1-2-8-15-12)17-11-6-4-10(5-7-11)14-18-16-9-20-14/h4-7,9,12,15H,1-3,8H2,(H,17,19)/t12-/m0/s1. The molecular weight excluding hydrogens is 256 g/mol. The maximum absolute atomic E-state index is 12.1. The fraction of sp³-hybridized carbons (Fsp3) is 0.357. The Morgan fingerprint density at radius 3 is 2.80 bits per heavy atom. The Balaban J connectivity index is 1.64. The van der Waals surface area contributed by atoms with Crippen LogP contribution in [0.25, 0.3) is 11.5 Å². The molecule has 1 amide bonds. The smallest absolute Gasteiger partial charge is 0.247 e. The van der Waals surface area contributed by atoms with E-state index in [0.29, 0.717) is 5.89 Å². The van der Waals surface area contributed by atoms with Crippen molar-refractivity contribution in [1.82, 2.24) is 15.5 Å². The second kappa shape index (κ2) is 5.83. The van der Waals surface area contributed by atoms with E-state index in [0.717, 1.165) is 37.1 Å². The molecule has 3 rings (SSSR count). The number of carbonyl (C=O) groups is 1. The fourth-order valence-corrected chi connectivity index (χ4v) is 2.30. The van der Waals surface area contributed by atoms with Gasteiger partial charge in [-0.05, 0) is 43.7 Å². The Bertz CT molecular complexity index is 559. The van der Waals surface area contributed by atoms with Crippen LogP contribution in [-0.2, 0) is 4.79 Å². The number of amides is 1. The fourth-order valence-electron chi connectivity index (χ4n) is 2.30. The van der Waals surface area contributed by atoms with Crippen LogP contribution in [0.4, 0.5) is 5.69 Å². The lowest BCUT2D eigenvalue weighted by molar-refractivity contribution is -0.118. The summed E-state index contributed by atoms with van der Waals surface area (Å²) in [5.74, 6) is 0.493. The second-order valence-electron chi connectivity index (χ2n) is 4.81. The van der Waals surface area contributed by atoms with Crippen LogP contribution in [0.5, 0.6) is 0 Å². The van der Waals surface area contributed by atoms with Crippen LogP contribution in [0.2, 0.25) is 0 Å². The van der Waals surface area contributed by atoms with Crippen LogP contribution < -0.4 is 10.6 Å². The third kappa shape index (κ3) is 2.85. The highest BCUT2D eigenvalue weighted by Crippen LogP contribution is 2.19. The molecule has 20 heavy (non-hydrogen) atoms. The van der Waals surface area contributed by atoms with E-state index in [4.69, 9.17) is 4.42 Å². The monoisotopic (exact) mass is 272 g/mol. The summed E-state index contributed by atoms with van der Waals surface area (Å²) in [5, 5.41) is 13.6. The molecule has 104 valence electrons. The molecule has 1 fully saturated rings. The topological polar surface area (TPSA) is 80.1 Å². The average molecular weight is 272 g/mol. The first-order valence-electron chi connectivity index (χ1n) is 6.74. The third-order valence-electron chi connectivity index (χ3n) is 3.39. The summed E-state index contributed by atoms with van der Waals surface area (Å²) in [6.45, 7) is 0.911. The van der Waals surface area contributed by atoms with Crippen LogP contribution in [-0.4, -0.2) is 28.7 Å². The Morgan fingerprint density at radius 1 is 1.30 bits per heavy atom. The lowest BCUT2D eigenvalue weighted by Gasteiger charge is -2.22. The van der Waals surface area contributed by atoms with Gasteiger partial charge in [-0.3, -0.25) is 4.79 Å². The van der Waals surface area contributed by atoms with Gasteiger partial charge in [-0.1, -0.05) is 6.42 Å². The van der Waals surface area contributed by atoms with Gasteiger partial charge in [0.05, 0.1) is 6.04 Å². The maximum Gasteiger partial charge on any atom is 0.247 e. The van der Waals surface area contributed by atoms with Crippen molar-refractivity contribution in [3.05, 3.63) is 30.7 Å². The van der Waals surface area contributed by atoms with Crippen molar-refractivity contribution >= 4 is 11.6 Å². The van der Waals surface area contributed by atoms with Crippen molar-refractivity contribution in [2.24, 2.45) is 0 Å². The SMILES string of the molecule is O=C(Nc1ccc(-c2nnco2)cc1)[C@@H]1CCCCN1. The molecule has 6 nitrogen and oxygen atoms in total. The van der Waals surface area contributed by atoms with Crippen LogP contribution in [0.15, 0.2) is 35.1 Å². The van der Waals surface area contributed by atoms with Gasteiger partial charge >= 0.3 is 0 Å². The van der Waals surface area contributed by atoms with Crippen molar-refractivity contribution in [3.8, 4) is 11.5 Å². The Morgan fingerprint density at radius 2 is 2.15 bits per heavy atom. The molecule has 6 heteroatoms. The molecule has 2 heterocycles. The minimum Gasteiger partial charge on any atom is -0.423 e. The largest absolute Gasteiger partial charge is 0.423 e. The van der Waals surface area contributed by atoms with Gasteiger partial charge in [0.2, 0.25) is 18.2 Å². The van der Waals surface area contributed by atoms with Gasteiger partial charge in [-0.15, -0.1) is 10.2 Å². The summed E-state index contributed by atoms with van der Waals surface area (Å²) in [6.07, 6.45) is 4.43. The van der Waals surface area contributed by atoms with Gasteiger partial charge < -0.3 is 15.1 Å². The Hall–Kier alpha value is -2.21. The van der Waals surface area contributed by atoms with Crippen molar-refractivity contribution < 1.29 is 9.21 Å². The molecule has 1 saturated heterocycles. The zero-order valence-corrected chi connectivity index (χ0v) is 11.0. The molecule has 1 aliphatic rings. The first-order chi connectivity index (χ1) is 9.83. The van der Waals surface area contributed by atoms with Crippen LogP contribution >= 0.6 is 0 Å². The molecule has 1 atom stereocenters. The number of rotatable bonds is 3. The van der Waals surface area contributed by atoms with E-state index in [1.165, 1.54) is 6.39 Å². The molecule has 0 saturated carbocycles. The molecule has 0 bridgehead atoms. The number of carbonyl (C=O) groups excluding carboxylic acids is 1. The second-order valence-corrected chi connectivity index (χ2v) is 4.81. The zero-order chi connectivity index (χ0) is 13.8. The minimum atomic E-state index is -0.0839. The number of aromatic nitrogens is 2. The highest BCUT2D eigenvalue weighted by atomic mass is 16.4. The summed E-state index contributed by atoms with van der Waals surface area (Å²) in [6, 6.07) is 7.27. The first kappa shape index (κ1) is 12.8. The van der Waals surface area contributed by atoms with Gasteiger partial charge in [-0.2, -0.15) is 0 Å². The summed E-state index contributed by atoms with van der Waals surface area (Å²) in [7, 11) is 0. The minimum absolute atomic E-state index is 0.0234. The van der Waals surface area contributed by atoms with Gasteiger partial charge in [0, 0.05) is 11.3 Å². The molecule has 0 spiro atoms. The van der Waals surface area contributed by atoms with Crippen LogP contribution in [0.3, 0.4) is 0 Å². The van der Waals surface area contributed by atoms with E-state index in [1.54, 1.807) is 0 Å². The zero-order valence-electron chi connectivity index (χ0n) is 11.0. The van der Waals surface area contributed by atoms with E-state index in [1.807, 2.05) is 24.3 Å². The van der Waals surface area contributed by atoms with E-state index < -0.39 is 0 Å². The number of hydrogen-bond acceptors (Lipinski definition) is 5. The predicted molar refractivity (Wildman–Crippen MR) is 74.0 cm³/mol. The number of hydrogen-bond donors (Lipinski definition) is 2. The van der Waals surface area contributed by atoms with Crippen molar-refractivity contribution in [3.63, 3.8) is 0 Å². The Kier molecular flexibility index (Phi) is 3.73. The van der Waals surface area contributed by atoms with Crippen molar-refractivity contribution in [1.29, 1.82) is 0 Å². The number of nitrogens with zero attached hydrogens (tertiary/aromatic N) is 2. The van der Waals surface area contributed by atoms with E-state index in [2.05, 4.69) is 20.8 Å². The normalized spacial score (nSPS) is 18.7. The quantitative estimate of drug-likeness (QED) is 0.890. The van der Waals surface area contributed by atoms with Gasteiger partial charge in [0.1, 0.15) is 0 Å². The molecule has 2 N–H and O–H groups in total. The molecule has 1 aromatic heterocycles. The van der Waals surface area contributed by atoms with Crippen molar-refractivity contribution in [2.75, 3.05) is 11.9 Å². The molecule has 0 unspecified atom stereocenters. The van der Waals surface area contributed by atoms with Gasteiger partial charge in [0.15, 0.2) is 0 Å². The van der Waals surface area contributed by atoms with E-state index in [9.17, 15) is 4.79 Å².